The van der Waals surface area contributed by atoms with Gasteiger partial charge >= 0.3 is 11.9 Å². The summed E-state index contributed by atoms with van der Waals surface area (Å²) in [5, 5.41) is 5.20. The smallest absolute Gasteiger partial charge is 0.340 e. The van der Waals surface area contributed by atoms with E-state index in [2.05, 4.69) is 27.3 Å². The molecule has 1 saturated heterocycles. The molecule has 240 valence electrons. The quantitative estimate of drug-likeness (QED) is 0.201. The van der Waals surface area contributed by atoms with Crippen molar-refractivity contribution < 1.29 is 19.1 Å². The normalized spacial score (nSPS) is 13.5. The summed E-state index contributed by atoms with van der Waals surface area (Å²) in [6, 6.07) is 13.2. The molecule has 0 unspecified atom stereocenters. The third-order valence-electron chi connectivity index (χ3n) is 7.56. The van der Waals surface area contributed by atoms with Crippen LogP contribution in [-0.2, 0) is 22.4 Å². The number of esters is 2. The molecule has 2 aliphatic rings. The summed E-state index contributed by atoms with van der Waals surface area (Å²) < 4.78 is 12.2. The second kappa shape index (κ2) is 16.5. The molecule has 8 nitrogen and oxygen atoms in total. The van der Waals surface area contributed by atoms with E-state index in [-0.39, 0.29) is 11.9 Å². The highest BCUT2D eigenvalue weighted by molar-refractivity contribution is 6.32. The van der Waals surface area contributed by atoms with Gasteiger partial charge in [-0.05, 0) is 87.6 Å². The van der Waals surface area contributed by atoms with Crippen molar-refractivity contribution in [2.45, 2.75) is 59.9 Å². The van der Waals surface area contributed by atoms with Gasteiger partial charge in [0.15, 0.2) is 0 Å². The molecule has 0 amide bonds. The SMILES string of the molecule is CC.CCOC(=O)c1cc(Cl)cc2c1NCC2.CCOC(=O)c1cc(Cl)cc2ccn(Cc3ccc(N4CCCCC4)cn3)c12. The van der Waals surface area contributed by atoms with Crippen LogP contribution in [0.4, 0.5) is 11.4 Å². The number of pyridine rings is 1. The average Bonchev–Trinajstić information content (AvgIpc) is 3.69. The molecule has 0 radical (unpaired) electrons. The van der Waals surface area contributed by atoms with Gasteiger partial charge in [-0.1, -0.05) is 37.0 Å². The average molecular weight is 654 g/mol. The standard InChI is InChI=1S/C22H24ClN3O2.C11H12ClNO2.C2H6/c1-2-28-22(27)20-13-17(23)12-16-8-11-26(21(16)20)15-18-6-7-19(14-24-18)25-9-4-3-5-10-25;1-2-15-11(14)9-6-8(12)5-7-3-4-13-10(7)9;1-2/h6-8,11-14H,2-5,9-10,15H2,1H3;5-6,13H,2-4H2,1H3;1-2H3. The van der Waals surface area contributed by atoms with Gasteiger partial charge in [-0.2, -0.15) is 0 Å². The Hall–Kier alpha value is -3.75. The second-order valence-corrected chi connectivity index (χ2v) is 11.4. The number of aromatic nitrogens is 2. The Morgan fingerprint density at radius 3 is 2.22 bits per heavy atom. The molecule has 1 fully saturated rings. The molecule has 0 saturated carbocycles. The van der Waals surface area contributed by atoms with Crippen LogP contribution in [0.1, 0.15) is 78.9 Å². The Morgan fingerprint density at radius 2 is 1.56 bits per heavy atom. The van der Waals surface area contributed by atoms with E-state index in [1.165, 1.54) is 24.9 Å². The maximum Gasteiger partial charge on any atom is 0.340 e. The lowest BCUT2D eigenvalue weighted by Crippen LogP contribution is -2.29. The number of rotatable bonds is 7. The van der Waals surface area contributed by atoms with Gasteiger partial charge < -0.3 is 24.3 Å². The van der Waals surface area contributed by atoms with Gasteiger partial charge in [0.1, 0.15) is 0 Å². The largest absolute Gasteiger partial charge is 0.462 e. The number of anilines is 2. The molecule has 2 aromatic heterocycles. The Kier molecular flexibility index (Phi) is 12.5. The van der Waals surface area contributed by atoms with Gasteiger partial charge in [0.25, 0.3) is 0 Å². The van der Waals surface area contributed by atoms with Crippen molar-refractivity contribution in [2.75, 3.05) is 43.1 Å². The van der Waals surface area contributed by atoms with E-state index in [1.54, 1.807) is 26.0 Å². The van der Waals surface area contributed by atoms with Crippen molar-refractivity contribution in [2.24, 2.45) is 0 Å². The molecule has 0 aliphatic carbocycles. The van der Waals surface area contributed by atoms with E-state index < -0.39 is 0 Å². The number of nitrogens with one attached hydrogen (secondary N) is 1. The van der Waals surface area contributed by atoms with Gasteiger partial charge in [-0.25, -0.2) is 9.59 Å². The minimum Gasteiger partial charge on any atom is -0.462 e. The Morgan fingerprint density at radius 1 is 0.889 bits per heavy atom. The predicted octanol–water partition coefficient (Wildman–Crippen LogP) is 8.42. The first-order valence-corrected chi connectivity index (χ1v) is 16.5. The summed E-state index contributed by atoms with van der Waals surface area (Å²) in [7, 11) is 0. The van der Waals surface area contributed by atoms with E-state index in [9.17, 15) is 9.59 Å². The highest BCUT2D eigenvalue weighted by atomic mass is 35.5. The number of carbonyl (C=O) groups excluding carboxylic acids is 2. The molecule has 45 heavy (non-hydrogen) atoms. The molecular formula is C35H42Cl2N4O4. The van der Waals surface area contributed by atoms with Crippen molar-refractivity contribution in [3.8, 4) is 0 Å². The van der Waals surface area contributed by atoms with E-state index >= 15 is 0 Å². The third-order valence-corrected chi connectivity index (χ3v) is 8.00. The summed E-state index contributed by atoms with van der Waals surface area (Å²) in [5.74, 6) is -0.672. The van der Waals surface area contributed by atoms with Gasteiger partial charge in [0, 0.05) is 41.3 Å². The number of carbonyl (C=O) groups is 2. The zero-order valence-corrected chi connectivity index (χ0v) is 28.0. The van der Waals surface area contributed by atoms with Crippen molar-refractivity contribution in [3.63, 3.8) is 0 Å². The van der Waals surface area contributed by atoms with Crippen LogP contribution < -0.4 is 10.2 Å². The van der Waals surface area contributed by atoms with E-state index in [1.807, 2.05) is 49.0 Å². The molecule has 2 aromatic carbocycles. The van der Waals surface area contributed by atoms with E-state index in [4.69, 9.17) is 32.7 Å². The van der Waals surface area contributed by atoms with Crippen molar-refractivity contribution >= 4 is 57.4 Å². The van der Waals surface area contributed by atoms with Crippen LogP contribution in [0.15, 0.2) is 54.9 Å². The zero-order valence-electron chi connectivity index (χ0n) is 26.5. The highest BCUT2D eigenvalue weighted by Crippen LogP contribution is 2.31. The van der Waals surface area contributed by atoms with E-state index in [0.29, 0.717) is 40.9 Å². The summed E-state index contributed by atoms with van der Waals surface area (Å²) >= 11 is 12.1. The first-order chi connectivity index (χ1) is 21.9. The number of piperidine rings is 1. The number of ether oxygens (including phenoxy) is 2. The van der Waals surface area contributed by atoms with Crippen LogP contribution in [0.2, 0.25) is 10.0 Å². The lowest BCUT2D eigenvalue weighted by Gasteiger charge is -2.28. The van der Waals surface area contributed by atoms with Crippen LogP contribution in [0.3, 0.4) is 0 Å². The van der Waals surface area contributed by atoms with Crippen molar-refractivity contribution in [1.82, 2.24) is 9.55 Å². The highest BCUT2D eigenvalue weighted by Gasteiger charge is 2.21. The second-order valence-electron chi connectivity index (χ2n) is 10.5. The molecule has 4 heterocycles. The maximum atomic E-state index is 12.4. The molecule has 0 spiro atoms. The van der Waals surface area contributed by atoms with Crippen LogP contribution in [0.25, 0.3) is 10.9 Å². The Labute approximate surface area is 275 Å². The monoisotopic (exact) mass is 652 g/mol. The zero-order chi connectivity index (χ0) is 32.3. The summed E-state index contributed by atoms with van der Waals surface area (Å²) in [6.07, 6.45) is 8.63. The van der Waals surface area contributed by atoms with Crippen LogP contribution >= 0.6 is 23.2 Å². The fourth-order valence-corrected chi connectivity index (χ4v) is 6.06. The lowest BCUT2D eigenvalue weighted by atomic mass is 10.1. The fraction of sp³-hybridized carbons (Fsp3) is 0.400. The number of halogens is 2. The van der Waals surface area contributed by atoms with Crippen LogP contribution in [0, 0.1) is 0 Å². The third kappa shape index (κ3) is 8.50. The molecule has 6 rings (SSSR count). The number of hydrogen-bond acceptors (Lipinski definition) is 7. The minimum atomic E-state index is -0.358. The Balaban J connectivity index is 0.000000228. The Bertz CT molecular complexity index is 1600. The van der Waals surface area contributed by atoms with Gasteiger partial charge in [-0.3, -0.25) is 4.98 Å². The fourth-order valence-electron chi connectivity index (χ4n) is 5.59. The predicted molar refractivity (Wildman–Crippen MR) is 183 cm³/mol. The van der Waals surface area contributed by atoms with Crippen molar-refractivity contribution in [3.05, 3.63) is 87.3 Å². The van der Waals surface area contributed by atoms with Gasteiger partial charge in [0.2, 0.25) is 0 Å². The van der Waals surface area contributed by atoms with Gasteiger partial charge in [-0.15, -0.1) is 0 Å². The molecule has 0 atom stereocenters. The molecular weight excluding hydrogens is 611 g/mol. The lowest BCUT2D eigenvalue weighted by molar-refractivity contribution is 0.0518. The van der Waals surface area contributed by atoms with Crippen LogP contribution in [-0.4, -0.2) is 54.3 Å². The maximum absolute atomic E-state index is 12.4. The number of fused-ring (bicyclic) bond motifs is 2. The summed E-state index contributed by atoms with van der Waals surface area (Å²) in [5.41, 5.74) is 5.94. The number of benzene rings is 2. The molecule has 0 bridgehead atoms. The summed E-state index contributed by atoms with van der Waals surface area (Å²) in [6.45, 7) is 11.9. The molecule has 2 aliphatic heterocycles. The first kappa shape index (κ1) is 34.1. The summed E-state index contributed by atoms with van der Waals surface area (Å²) in [4.78, 5) is 31.1. The first-order valence-electron chi connectivity index (χ1n) is 15.8. The minimum absolute atomic E-state index is 0.314. The van der Waals surface area contributed by atoms with Crippen molar-refractivity contribution in [1.29, 1.82) is 0 Å². The van der Waals surface area contributed by atoms with Gasteiger partial charge in [0.05, 0.1) is 59.7 Å². The molecule has 10 heteroatoms. The number of hydrogen-bond donors (Lipinski definition) is 1. The van der Waals surface area contributed by atoms with Crippen LogP contribution in [0.5, 0.6) is 0 Å². The topological polar surface area (TPSA) is 85.7 Å². The number of nitrogens with zero attached hydrogens (tertiary/aromatic N) is 3. The van der Waals surface area contributed by atoms with E-state index in [0.717, 1.165) is 53.9 Å². The molecule has 4 aromatic rings. The molecule has 1 N–H and O–H groups in total.